The maximum Gasteiger partial charge on any atom is 0.259 e. The molecule has 24 heavy (non-hydrogen) atoms. The third-order valence-corrected chi connectivity index (χ3v) is 5.70. The van der Waals surface area contributed by atoms with Gasteiger partial charge in [-0.1, -0.05) is 12.8 Å². The van der Waals surface area contributed by atoms with Gasteiger partial charge in [-0.25, -0.2) is 0 Å². The molecule has 0 aromatic carbocycles. The summed E-state index contributed by atoms with van der Waals surface area (Å²) in [4.78, 5) is 15.0. The highest BCUT2D eigenvalue weighted by atomic mass is 16.3. The van der Waals surface area contributed by atoms with Crippen LogP contribution in [0.5, 0.6) is 0 Å². The molecule has 4 rings (SSSR count). The zero-order valence-electron chi connectivity index (χ0n) is 14.1. The Bertz CT molecular complexity index is 736. The van der Waals surface area contributed by atoms with Crippen LogP contribution in [0.4, 0.5) is 0 Å². The van der Waals surface area contributed by atoms with Gasteiger partial charge in [0, 0.05) is 38.4 Å². The number of rotatable bonds is 2. The van der Waals surface area contributed by atoms with E-state index in [-0.39, 0.29) is 11.8 Å². The first-order chi connectivity index (χ1) is 11.6. The second kappa shape index (κ2) is 5.77. The Morgan fingerprint density at radius 1 is 1.29 bits per heavy atom. The summed E-state index contributed by atoms with van der Waals surface area (Å²) in [5, 5.41) is 15.1. The molecular formula is C18H24N4O2. The van der Waals surface area contributed by atoms with Gasteiger partial charge in [-0.05, 0) is 31.4 Å². The van der Waals surface area contributed by atoms with E-state index in [1.807, 2.05) is 41.0 Å². The topological polar surface area (TPSA) is 63.3 Å². The summed E-state index contributed by atoms with van der Waals surface area (Å²) < 4.78 is 3.65. The molecule has 2 atom stereocenters. The number of fused-ring (bicyclic) bond motifs is 1. The highest BCUT2D eigenvalue weighted by Crippen LogP contribution is 2.40. The zero-order chi connectivity index (χ0) is 16.7. The van der Waals surface area contributed by atoms with E-state index in [0.29, 0.717) is 25.1 Å². The van der Waals surface area contributed by atoms with Gasteiger partial charge in [0.15, 0.2) is 0 Å². The maximum absolute atomic E-state index is 13.1. The van der Waals surface area contributed by atoms with Crippen LogP contribution in [0.3, 0.4) is 0 Å². The number of likely N-dealkylation sites (tertiary alicyclic amines) is 1. The van der Waals surface area contributed by atoms with Crippen molar-refractivity contribution in [1.82, 2.24) is 19.2 Å². The number of amides is 1. The van der Waals surface area contributed by atoms with Gasteiger partial charge in [-0.15, -0.1) is 0 Å². The number of carbonyl (C=O) groups is 1. The molecule has 2 aromatic rings. The Balaban J connectivity index is 1.59. The van der Waals surface area contributed by atoms with Crippen LogP contribution >= 0.6 is 0 Å². The predicted octanol–water partition coefficient (Wildman–Crippen LogP) is 1.98. The maximum atomic E-state index is 13.1. The first-order valence-corrected chi connectivity index (χ1v) is 8.75. The molecule has 1 N–H and O–H groups in total. The number of aryl methyl sites for hydroxylation is 1. The quantitative estimate of drug-likeness (QED) is 0.917. The zero-order valence-corrected chi connectivity index (χ0v) is 14.1. The fraction of sp³-hybridized carbons (Fsp3) is 0.556. The van der Waals surface area contributed by atoms with Crippen molar-refractivity contribution in [2.45, 2.75) is 37.7 Å². The minimum Gasteiger partial charge on any atom is -0.389 e. The summed E-state index contributed by atoms with van der Waals surface area (Å²) in [5.41, 5.74) is 0.0580. The van der Waals surface area contributed by atoms with Crippen LogP contribution in [0, 0.1) is 5.92 Å². The minimum absolute atomic E-state index is 0.0134. The Kier molecular flexibility index (Phi) is 3.72. The third-order valence-electron chi connectivity index (χ3n) is 5.70. The van der Waals surface area contributed by atoms with Gasteiger partial charge in [0.2, 0.25) is 0 Å². The SMILES string of the molecule is Cn1ncc(C(=O)N2CC[C@@]3(O)CCCC[C@@H]3C2)c1-n1cccc1. The fourth-order valence-electron chi connectivity index (χ4n) is 4.29. The van der Waals surface area contributed by atoms with Crippen molar-refractivity contribution < 1.29 is 9.90 Å². The summed E-state index contributed by atoms with van der Waals surface area (Å²) in [6.45, 7) is 1.27. The second-order valence-corrected chi connectivity index (χ2v) is 7.14. The molecule has 0 unspecified atom stereocenters. The lowest BCUT2D eigenvalue weighted by Gasteiger charge is -2.47. The van der Waals surface area contributed by atoms with Crippen molar-refractivity contribution in [3.63, 3.8) is 0 Å². The lowest BCUT2D eigenvalue weighted by atomic mass is 9.71. The van der Waals surface area contributed by atoms with Crippen molar-refractivity contribution in [1.29, 1.82) is 0 Å². The number of piperidine rings is 1. The third kappa shape index (κ3) is 2.45. The summed E-state index contributed by atoms with van der Waals surface area (Å²) in [7, 11) is 1.85. The van der Waals surface area contributed by atoms with Crippen LogP contribution in [0.1, 0.15) is 42.5 Å². The number of nitrogens with zero attached hydrogens (tertiary/aromatic N) is 4. The van der Waals surface area contributed by atoms with E-state index in [9.17, 15) is 9.90 Å². The molecule has 1 saturated heterocycles. The summed E-state index contributed by atoms with van der Waals surface area (Å²) in [5.74, 6) is 1.00. The minimum atomic E-state index is -0.562. The summed E-state index contributed by atoms with van der Waals surface area (Å²) in [6.07, 6.45) is 10.3. The molecule has 1 saturated carbocycles. The van der Waals surface area contributed by atoms with Crippen LogP contribution in [0.2, 0.25) is 0 Å². The van der Waals surface area contributed by atoms with E-state index in [1.54, 1.807) is 10.9 Å². The molecule has 128 valence electrons. The molecule has 1 amide bonds. The van der Waals surface area contributed by atoms with Gasteiger partial charge in [0.1, 0.15) is 11.4 Å². The van der Waals surface area contributed by atoms with Crippen molar-refractivity contribution in [2.24, 2.45) is 13.0 Å². The first kappa shape index (κ1) is 15.4. The van der Waals surface area contributed by atoms with Gasteiger partial charge in [-0.2, -0.15) is 5.10 Å². The lowest BCUT2D eigenvalue weighted by Crippen LogP contribution is -2.54. The highest BCUT2D eigenvalue weighted by Gasteiger charge is 2.44. The van der Waals surface area contributed by atoms with Crippen LogP contribution in [0.25, 0.3) is 5.82 Å². The molecule has 2 aliphatic rings. The predicted molar refractivity (Wildman–Crippen MR) is 90.0 cm³/mol. The molecule has 1 aliphatic carbocycles. The summed E-state index contributed by atoms with van der Waals surface area (Å²) >= 11 is 0. The molecule has 0 spiro atoms. The Hall–Kier alpha value is -2.08. The normalized spacial score (nSPS) is 27.1. The molecule has 6 nitrogen and oxygen atoms in total. The van der Waals surface area contributed by atoms with E-state index in [4.69, 9.17) is 0 Å². The molecule has 3 heterocycles. The Morgan fingerprint density at radius 2 is 2.08 bits per heavy atom. The monoisotopic (exact) mass is 328 g/mol. The number of hydrogen-bond acceptors (Lipinski definition) is 3. The fourth-order valence-corrected chi connectivity index (χ4v) is 4.29. The van der Waals surface area contributed by atoms with Crippen molar-refractivity contribution in [3.05, 3.63) is 36.3 Å². The van der Waals surface area contributed by atoms with E-state index in [1.165, 1.54) is 0 Å². The Labute approximate surface area is 141 Å². The number of aromatic nitrogens is 3. The standard InChI is InChI=1S/C18H24N4O2/c1-20-16(21-9-4-5-10-21)15(12-19-20)17(23)22-11-8-18(24)7-3-2-6-14(18)13-22/h4-5,9-10,12,14,24H,2-3,6-8,11,13H2,1H3/t14-,18+/m1/s1. The Morgan fingerprint density at radius 3 is 2.88 bits per heavy atom. The van der Waals surface area contributed by atoms with Gasteiger partial charge in [0.05, 0.1) is 11.8 Å². The van der Waals surface area contributed by atoms with Crippen LogP contribution in [-0.2, 0) is 7.05 Å². The smallest absolute Gasteiger partial charge is 0.259 e. The summed E-state index contributed by atoms with van der Waals surface area (Å²) in [6, 6.07) is 3.87. The van der Waals surface area contributed by atoms with E-state index in [2.05, 4.69) is 5.10 Å². The first-order valence-electron chi connectivity index (χ1n) is 8.75. The molecule has 0 radical (unpaired) electrons. The highest BCUT2D eigenvalue weighted by molar-refractivity contribution is 5.97. The average molecular weight is 328 g/mol. The number of aliphatic hydroxyl groups is 1. The van der Waals surface area contributed by atoms with Crippen molar-refractivity contribution in [3.8, 4) is 5.82 Å². The van der Waals surface area contributed by atoms with Crippen LogP contribution < -0.4 is 0 Å². The lowest BCUT2D eigenvalue weighted by molar-refractivity contribution is -0.0886. The molecule has 0 bridgehead atoms. The largest absolute Gasteiger partial charge is 0.389 e. The van der Waals surface area contributed by atoms with Crippen LogP contribution in [-0.4, -0.2) is 49.0 Å². The van der Waals surface area contributed by atoms with Crippen molar-refractivity contribution in [2.75, 3.05) is 13.1 Å². The molecule has 1 aliphatic heterocycles. The van der Waals surface area contributed by atoms with Crippen LogP contribution in [0.15, 0.2) is 30.7 Å². The van der Waals surface area contributed by atoms with E-state index < -0.39 is 5.60 Å². The van der Waals surface area contributed by atoms with Gasteiger partial charge >= 0.3 is 0 Å². The number of hydrogen-bond donors (Lipinski definition) is 1. The number of carbonyl (C=O) groups excluding carboxylic acids is 1. The van der Waals surface area contributed by atoms with E-state index in [0.717, 1.165) is 31.5 Å². The molecule has 2 fully saturated rings. The average Bonchev–Trinajstić information content (AvgIpc) is 3.22. The van der Waals surface area contributed by atoms with E-state index >= 15 is 0 Å². The van der Waals surface area contributed by atoms with Gasteiger partial charge < -0.3 is 14.6 Å². The molecular weight excluding hydrogens is 304 g/mol. The molecule has 2 aromatic heterocycles. The second-order valence-electron chi connectivity index (χ2n) is 7.14. The van der Waals surface area contributed by atoms with Crippen molar-refractivity contribution >= 4 is 5.91 Å². The molecule has 6 heteroatoms. The van der Waals surface area contributed by atoms with Gasteiger partial charge in [0.25, 0.3) is 5.91 Å². The van der Waals surface area contributed by atoms with Gasteiger partial charge in [-0.3, -0.25) is 9.48 Å².